The van der Waals surface area contributed by atoms with Crippen LogP contribution in [0.1, 0.15) is 335 Å². The van der Waals surface area contributed by atoms with Gasteiger partial charge in [0.05, 0.1) is 0 Å². The van der Waals surface area contributed by atoms with E-state index in [1.165, 1.54) is 186 Å². The van der Waals surface area contributed by atoms with Crippen LogP contribution in [0.15, 0.2) is 85.1 Å². The van der Waals surface area contributed by atoms with Gasteiger partial charge in [-0.1, -0.05) is 305 Å². The molecule has 0 N–H and O–H groups in total. The number of allylic oxidation sites excluding steroid dienone is 14. The molecule has 0 radical (unpaired) electrons. The van der Waals surface area contributed by atoms with Crippen molar-refractivity contribution in [1.29, 1.82) is 0 Å². The largest absolute Gasteiger partial charge is 0.462 e. The van der Waals surface area contributed by atoms with E-state index in [2.05, 4.69) is 106 Å². The molecule has 0 aliphatic rings. The molecule has 0 heterocycles. The van der Waals surface area contributed by atoms with E-state index in [0.29, 0.717) is 19.3 Å². The van der Waals surface area contributed by atoms with Gasteiger partial charge in [-0.15, -0.1) is 0 Å². The minimum absolute atomic E-state index is 0.0789. The minimum atomic E-state index is -0.781. The highest BCUT2D eigenvalue weighted by Gasteiger charge is 2.19. The lowest BCUT2D eigenvalue weighted by Crippen LogP contribution is -2.30. The third kappa shape index (κ3) is 63.4. The minimum Gasteiger partial charge on any atom is -0.462 e. The number of esters is 3. The Bertz CT molecular complexity index is 1480. The molecule has 1 atom stereocenters. The van der Waals surface area contributed by atoms with E-state index in [0.717, 1.165) is 109 Å². The van der Waals surface area contributed by atoms with Crippen LogP contribution in [0, 0.1) is 0 Å². The Kier molecular flexibility index (Phi) is 63.2. The molecule has 0 fully saturated rings. The summed E-state index contributed by atoms with van der Waals surface area (Å²) >= 11 is 0. The molecule has 0 saturated heterocycles. The molecule has 0 aliphatic heterocycles. The van der Waals surface area contributed by atoms with E-state index in [-0.39, 0.29) is 31.1 Å². The van der Waals surface area contributed by atoms with Crippen molar-refractivity contribution >= 4 is 17.9 Å². The fourth-order valence-electron chi connectivity index (χ4n) is 9.62. The molecule has 0 spiro atoms. The predicted octanol–water partition coefficient (Wildman–Crippen LogP) is 23.1. The van der Waals surface area contributed by atoms with Gasteiger partial charge in [0.1, 0.15) is 13.2 Å². The van der Waals surface area contributed by atoms with Crippen LogP contribution in [0.2, 0.25) is 0 Å². The number of unbranched alkanes of at least 4 members (excludes halogenated alkanes) is 36. The third-order valence-electron chi connectivity index (χ3n) is 14.6. The molecule has 450 valence electrons. The Morgan fingerprint density at radius 3 is 0.782 bits per heavy atom. The lowest BCUT2D eigenvalue weighted by molar-refractivity contribution is -0.167. The smallest absolute Gasteiger partial charge is 0.306 e. The molecule has 0 aliphatic carbocycles. The molecule has 6 nitrogen and oxygen atoms in total. The summed E-state index contributed by atoms with van der Waals surface area (Å²) in [5, 5.41) is 0. The summed E-state index contributed by atoms with van der Waals surface area (Å²) in [4.78, 5) is 38.1. The van der Waals surface area contributed by atoms with Crippen molar-refractivity contribution in [2.75, 3.05) is 13.2 Å². The predicted molar refractivity (Wildman–Crippen MR) is 339 cm³/mol. The van der Waals surface area contributed by atoms with Crippen LogP contribution in [-0.4, -0.2) is 37.2 Å². The summed E-state index contributed by atoms with van der Waals surface area (Å²) in [6.45, 7) is 6.50. The molecule has 0 rings (SSSR count). The molecular formula is C72H126O6. The van der Waals surface area contributed by atoms with E-state index in [1.54, 1.807) is 0 Å². The Balaban J connectivity index is 4.07. The normalized spacial score (nSPS) is 12.6. The molecule has 0 bridgehead atoms. The van der Waals surface area contributed by atoms with Crippen LogP contribution in [0.4, 0.5) is 0 Å². The van der Waals surface area contributed by atoms with Gasteiger partial charge in [-0.25, -0.2) is 0 Å². The Morgan fingerprint density at radius 1 is 0.269 bits per heavy atom. The van der Waals surface area contributed by atoms with Gasteiger partial charge in [-0.3, -0.25) is 14.4 Å². The number of hydrogen-bond acceptors (Lipinski definition) is 6. The first kappa shape index (κ1) is 74.6. The first-order chi connectivity index (χ1) is 38.5. The van der Waals surface area contributed by atoms with Crippen molar-refractivity contribution in [3.8, 4) is 0 Å². The molecule has 0 amide bonds. The van der Waals surface area contributed by atoms with Crippen molar-refractivity contribution < 1.29 is 28.6 Å². The van der Waals surface area contributed by atoms with Crippen LogP contribution in [0.5, 0.6) is 0 Å². The lowest BCUT2D eigenvalue weighted by atomic mass is 10.0. The average molecular weight is 1090 g/mol. The van der Waals surface area contributed by atoms with Crippen LogP contribution >= 0.6 is 0 Å². The topological polar surface area (TPSA) is 78.9 Å². The summed E-state index contributed by atoms with van der Waals surface area (Å²) in [6, 6.07) is 0. The van der Waals surface area contributed by atoms with Gasteiger partial charge in [0.2, 0.25) is 0 Å². The standard InChI is InChI=1S/C72H126O6/c1-4-7-10-13-16-19-21-23-25-27-29-30-31-32-33-34-35-36-37-38-39-40-41-42-44-45-47-49-51-53-56-59-62-65-71(74)77-68-69(67-76-70(73)64-61-58-55-18-15-12-9-6-3)78-72(75)66-63-60-57-54-52-50-48-46-43-28-26-24-22-20-17-14-11-8-5-2/h8,11,17,20-21,23-24,26-27,29,31-32,43,46,69H,4-7,9-10,12-16,18-19,22,25,28,30,33-42,44-45,47-68H2,1-3H3/b11-8-,20-17-,23-21-,26-24-,29-27-,32-31-,46-43-. The molecule has 0 aromatic rings. The fraction of sp³-hybridized carbons (Fsp3) is 0.764. The summed E-state index contributed by atoms with van der Waals surface area (Å²) < 4.78 is 16.9. The molecule has 0 aromatic carbocycles. The third-order valence-corrected chi connectivity index (χ3v) is 14.6. The Morgan fingerprint density at radius 2 is 0.500 bits per heavy atom. The summed E-state index contributed by atoms with van der Waals surface area (Å²) in [6.07, 6.45) is 87.7. The van der Waals surface area contributed by atoms with Crippen LogP contribution in [0.3, 0.4) is 0 Å². The molecule has 0 aromatic heterocycles. The number of carbonyl (C=O) groups is 3. The van der Waals surface area contributed by atoms with Crippen molar-refractivity contribution in [3.05, 3.63) is 85.1 Å². The van der Waals surface area contributed by atoms with Crippen molar-refractivity contribution in [2.24, 2.45) is 0 Å². The fourth-order valence-corrected chi connectivity index (χ4v) is 9.62. The second-order valence-corrected chi connectivity index (χ2v) is 22.4. The number of ether oxygens (including phenoxy) is 3. The van der Waals surface area contributed by atoms with Crippen LogP contribution in [0.25, 0.3) is 0 Å². The number of rotatable bonds is 61. The van der Waals surface area contributed by atoms with Crippen molar-refractivity contribution in [1.82, 2.24) is 0 Å². The quantitative estimate of drug-likeness (QED) is 0.0261. The van der Waals surface area contributed by atoms with Crippen molar-refractivity contribution in [2.45, 2.75) is 341 Å². The maximum Gasteiger partial charge on any atom is 0.306 e. The highest BCUT2D eigenvalue weighted by atomic mass is 16.6. The molecule has 1 unspecified atom stereocenters. The average Bonchev–Trinajstić information content (AvgIpc) is 3.44. The Labute approximate surface area is 484 Å². The maximum absolute atomic E-state index is 12.9. The van der Waals surface area contributed by atoms with Gasteiger partial charge in [-0.2, -0.15) is 0 Å². The molecule has 0 saturated carbocycles. The molecule has 78 heavy (non-hydrogen) atoms. The molecular weight excluding hydrogens is 961 g/mol. The van der Waals surface area contributed by atoms with E-state index in [4.69, 9.17) is 14.2 Å². The number of carbonyl (C=O) groups excluding carboxylic acids is 3. The maximum atomic E-state index is 12.9. The SMILES string of the molecule is CC/C=C\C/C=C\C/C=C\C/C=C\CCCCCCCCC(=O)OC(COC(=O)CCCCCCCCCC)COC(=O)CCCCCCCCCCCCCCCCCCCC/C=C\C/C=C\C/C=C\CCCCCCC. The van der Waals surface area contributed by atoms with Gasteiger partial charge in [0.15, 0.2) is 6.10 Å². The van der Waals surface area contributed by atoms with Crippen LogP contribution < -0.4 is 0 Å². The van der Waals surface area contributed by atoms with E-state index >= 15 is 0 Å². The zero-order valence-electron chi connectivity index (χ0n) is 51.7. The van der Waals surface area contributed by atoms with E-state index in [1.807, 2.05) is 0 Å². The lowest BCUT2D eigenvalue weighted by Gasteiger charge is -2.18. The van der Waals surface area contributed by atoms with E-state index < -0.39 is 6.10 Å². The monoisotopic (exact) mass is 1090 g/mol. The van der Waals surface area contributed by atoms with Gasteiger partial charge in [0, 0.05) is 19.3 Å². The van der Waals surface area contributed by atoms with Gasteiger partial charge in [-0.05, 0) is 96.3 Å². The zero-order chi connectivity index (χ0) is 56.4. The Hall–Kier alpha value is -3.41. The number of hydrogen-bond donors (Lipinski definition) is 0. The first-order valence-corrected chi connectivity index (χ1v) is 33.6. The second-order valence-electron chi connectivity index (χ2n) is 22.4. The highest BCUT2D eigenvalue weighted by molar-refractivity contribution is 5.71. The summed E-state index contributed by atoms with van der Waals surface area (Å²) in [5.41, 5.74) is 0. The highest BCUT2D eigenvalue weighted by Crippen LogP contribution is 2.17. The van der Waals surface area contributed by atoms with Gasteiger partial charge < -0.3 is 14.2 Å². The van der Waals surface area contributed by atoms with Crippen LogP contribution in [-0.2, 0) is 28.6 Å². The van der Waals surface area contributed by atoms with Crippen molar-refractivity contribution in [3.63, 3.8) is 0 Å². The first-order valence-electron chi connectivity index (χ1n) is 33.6. The zero-order valence-corrected chi connectivity index (χ0v) is 51.7. The van der Waals surface area contributed by atoms with Gasteiger partial charge in [0.25, 0.3) is 0 Å². The second kappa shape index (κ2) is 66.1. The summed E-state index contributed by atoms with van der Waals surface area (Å²) in [5.74, 6) is -0.884. The molecule has 6 heteroatoms. The summed E-state index contributed by atoms with van der Waals surface area (Å²) in [7, 11) is 0. The van der Waals surface area contributed by atoms with E-state index in [9.17, 15) is 14.4 Å². The van der Waals surface area contributed by atoms with Gasteiger partial charge >= 0.3 is 17.9 Å².